The van der Waals surface area contributed by atoms with Crippen molar-refractivity contribution in [2.75, 3.05) is 13.2 Å². The molecule has 6 nitrogen and oxygen atoms in total. The fraction of sp³-hybridized carbons (Fsp3) is 0.845. The van der Waals surface area contributed by atoms with Gasteiger partial charge in [-0.25, -0.2) is 0 Å². The second kappa shape index (κ2) is 65.9. The maximum atomic E-state index is 12.9. The Kier molecular flexibility index (Phi) is 63.6. The summed E-state index contributed by atoms with van der Waals surface area (Å²) in [6.07, 6.45) is 82.7. The molecule has 0 aliphatic heterocycles. The van der Waals surface area contributed by atoms with Crippen molar-refractivity contribution >= 4 is 17.9 Å². The van der Waals surface area contributed by atoms with Gasteiger partial charge in [0.1, 0.15) is 13.2 Å². The molecule has 450 valence electrons. The van der Waals surface area contributed by atoms with Crippen LogP contribution in [0, 0.1) is 0 Å². The van der Waals surface area contributed by atoms with E-state index >= 15 is 0 Å². The van der Waals surface area contributed by atoms with E-state index in [1.54, 1.807) is 0 Å². The quantitative estimate of drug-likeness (QED) is 0.0261. The summed E-state index contributed by atoms with van der Waals surface area (Å²) >= 11 is 0. The molecular formula is C71H130O6. The van der Waals surface area contributed by atoms with Crippen molar-refractivity contribution < 1.29 is 28.6 Å². The van der Waals surface area contributed by atoms with E-state index in [-0.39, 0.29) is 31.1 Å². The Morgan fingerprint density at radius 2 is 0.468 bits per heavy atom. The molecule has 0 aliphatic carbocycles. The van der Waals surface area contributed by atoms with Gasteiger partial charge in [-0.1, -0.05) is 313 Å². The Labute approximate surface area is 479 Å². The molecule has 0 aromatic heterocycles. The number of ether oxygens (including phenoxy) is 3. The van der Waals surface area contributed by atoms with Gasteiger partial charge in [-0.3, -0.25) is 14.4 Å². The van der Waals surface area contributed by atoms with E-state index in [0.29, 0.717) is 19.3 Å². The van der Waals surface area contributed by atoms with Gasteiger partial charge >= 0.3 is 17.9 Å². The highest BCUT2D eigenvalue weighted by Crippen LogP contribution is 2.17. The molecule has 77 heavy (non-hydrogen) atoms. The minimum atomic E-state index is -0.775. The molecule has 0 heterocycles. The van der Waals surface area contributed by atoms with Crippen molar-refractivity contribution in [1.82, 2.24) is 0 Å². The summed E-state index contributed by atoms with van der Waals surface area (Å²) in [5.41, 5.74) is 0. The lowest BCUT2D eigenvalue weighted by Gasteiger charge is -2.18. The summed E-state index contributed by atoms with van der Waals surface area (Å²) in [5, 5.41) is 0. The lowest BCUT2D eigenvalue weighted by Crippen LogP contribution is -2.30. The van der Waals surface area contributed by atoms with E-state index in [4.69, 9.17) is 14.2 Å². The summed E-state index contributed by atoms with van der Waals surface area (Å²) in [5.74, 6) is -0.853. The second-order valence-corrected chi connectivity index (χ2v) is 23.1. The van der Waals surface area contributed by atoms with Gasteiger partial charge in [0.2, 0.25) is 0 Å². The minimum absolute atomic E-state index is 0.0708. The van der Waals surface area contributed by atoms with Crippen molar-refractivity contribution in [1.29, 1.82) is 0 Å². The summed E-state index contributed by atoms with van der Waals surface area (Å²) in [6.45, 7) is 6.68. The Morgan fingerprint density at radius 3 is 0.740 bits per heavy atom. The standard InChI is InChI=1S/C71H130O6/c1-4-7-10-13-16-19-22-25-27-29-31-33-34-35-36-38-39-41-43-46-49-52-55-58-61-64-70(73)76-67-68(66-75-69(72)63-60-57-54-51-48-45-24-21-18-15-12-9-6-3)77-71(74)65-62-59-56-53-50-47-44-42-40-37-32-30-28-26-23-20-17-14-11-8-5-2/h22,25,29-32,34-35,68H,4-21,23-24,26-28,33,36-67H2,1-3H3/b25-22-,31-29-,32-30-,35-34-. The third-order valence-electron chi connectivity index (χ3n) is 15.3. The van der Waals surface area contributed by atoms with Crippen LogP contribution in [0.2, 0.25) is 0 Å². The maximum absolute atomic E-state index is 12.9. The smallest absolute Gasteiger partial charge is 0.306 e. The van der Waals surface area contributed by atoms with Gasteiger partial charge in [0.25, 0.3) is 0 Å². The van der Waals surface area contributed by atoms with Gasteiger partial charge in [0.15, 0.2) is 6.10 Å². The molecule has 0 amide bonds. The summed E-state index contributed by atoms with van der Waals surface area (Å²) < 4.78 is 17.0. The first-order chi connectivity index (χ1) is 38.0. The number of allylic oxidation sites excluding steroid dienone is 8. The van der Waals surface area contributed by atoms with E-state index in [1.807, 2.05) is 0 Å². The third-order valence-corrected chi connectivity index (χ3v) is 15.3. The van der Waals surface area contributed by atoms with Gasteiger partial charge in [0, 0.05) is 19.3 Å². The lowest BCUT2D eigenvalue weighted by atomic mass is 10.0. The zero-order valence-corrected chi connectivity index (χ0v) is 51.7. The van der Waals surface area contributed by atoms with Crippen molar-refractivity contribution in [2.24, 2.45) is 0 Å². The highest BCUT2D eigenvalue weighted by Gasteiger charge is 2.19. The predicted octanol–water partition coefficient (Wildman–Crippen LogP) is 23.3. The molecule has 1 atom stereocenters. The number of hydrogen-bond acceptors (Lipinski definition) is 6. The molecule has 0 aliphatic rings. The fourth-order valence-corrected chi connectivity index (χ4v) is 10.2. The molecule has 0 fully saturated rings. The Bertz CT molecular complexity index is 1330. The van der Waals surface area contributed by atoms with Crippen molar-refractivity contribution in [3.05, 3.63) is 48.6 Å². The largest absolute Gasteiger partial charge is 0.462 e. The van der Waals surface area contributed by atoms with Gasteiger partial charge in [-0.05, 0) is 83.5 Å². The molecule has 6 heteroatoms. The van der Waals surface area contributed by atoms with Crippen LogP contribution in [-0.2, 0) is 28.6 Å². The molecule has 0 radical (unpaired) electrons. The molecule has 0 saturated heterocycles. The van der Waals surface area contributed by atoms with Gasteiger partial charge in [0.05, 0.1) is 0 Å². The number of rotatable bonds is 63. The number of unbranched alkanes of at least 4 members (excludes halogenated alkanes) is 44. The normalized spacial score (nSPS) is 12.3. The van der Waals surface area contributed by atoms with Crippen molar-refractivity contribution in [3.63, 3.8) is 0 Å². The Morgan fingerprint density at radius 1 is 0.260 bits per heavy atom. The van der Waals surface area contributed by atoms with E-state index in [9.17, 15) is 14.4 Å². The minimum Gasteiger partial charge on any atom is -0.462 e. The van der Waals surface area contributed by atoms with Crippen LogP contribution in [0.25, 0.3) is 0 Å². The zero-order chi connectivity index (χ0) is 55.7. The van der Waals surface area contributed by atoms with E-state index in [2.05, 4.69) is 69.4 Å². The molecule has 0 spiro atoms. The van der Waals surface area contributed by atoms with E-state index < -0.39 is 6.10 Å². The van der Waals surface area contributed by atoms with Crippen LogP contribution in [0.5, 0.6) is 0 Å². The van der Waals surface area contributed by atoms with Crippen molar-refractivity contribution in [2.45, 2.75) is 374 Å². The topological polar surface area (TPSA) is 78.9 Å². The summed E-state index contributed by atoms with van der Waals surface area (Å²) in [4.78, 5) is 38.4. The van der Waals surface area contributed by atoms with Gasteiger partial charge in [-0.15, -0.1) is 0 Å². The van der Waals surface area contributed by atoms with E-state index in [0.717, 1.165) is 70.6 Å². The molecule has 0 aromatic carbocycles. The predicted molar refractivity (Wildman–Crippen MR) is 335 cm³/mol. The Balaban J connectivity index is 4.28. The van der Waals surface area contributed by atoms with Crippen LogP contribution in [0.3, 0.4) is 0 Å². The summed E-state index contributed by atoms with van der Waals surface area (Å²) in [7, 11) is 0. The second-order valence-electron chi connectivity index (χ2n) is 23.1. The highest BCUT2D eigenvalue weighted by atomic mass is 16.6. The molecular weight excluding hydrogens is 949 g/mol. The molecule has 0 bridgehead atoms. The maximum Gasteiger partial charge on any atom is 0.306 e. The number of esters is 3. The average Bonchev–Trinajstić information content (AvgIpc) is 3.43. The molecule has 0 N–H and O–H groups in total. The summed E-state index contributed by atoms with van der Waals surface area (Å²) in [6, 6.07) is 0. The van der Waals surface area contributed by atoms with Crippen LogP contribution in [0.4, 0.5) is 0 Å². The van der Waals surface area contributed by atoms with Gasteiger partial charge < -0.3 is 14.2 Å². The average molecular weight is 1080 g/mol. The number of carbonyl (C=O) groups is 3. The van der Waals surface area contributed by atoms with E-state index in [1.165, 1.54) is 257 Å². The molecule has 1 unspecified atom stereocenters. The molecule has 0 aromatic rings. The van der Waals surface area contributed by atoms with Crippen LogP contribution >= 0.6 is 0 Å². The van der Waals surface area contributed by atoms with Crippen LogP contribution < -0.4 is 0 Å². The fourth-order valence-electron chi connectivity index (χ4n) is 10.2. The Hall–Kier alpha value is -2.63. The monoisotopic (exact) mass is 1080 g/mol. The van der Waals surface area contributed by atoms with Crippen LogP contribution in [-0.4, -0.2) is 37.2 Å². The molecule has 0 rings (SSSR count). The van der Waals surface area contributed by atoms with Crippen molar-refractivity contribution in [3.8, 4) is 0 Å². The van der Waals surface area contributed by atoms with Crippen LogP contribution in [0.1, 0.15) is 367 Å². The first-order valence-corrected chi connectivity index (χ1v) is 34.1. The van der Waals surface area contributed by atoms with Gasteiger partial charge in [-0.2, -0.15) is 0 Å². The zero-order valence-electron chi connectivity index (χ0n) is 51.7. The lowest BCUT2D eigenvalue weighted by molar-refractivity contribution is -0.167. The first kappa shape index (κ1) is 74.4. The highest BCUT2D eigenvalue weighted by molar-refractivity contribution is 5.71. The number of carbonyl (C=O) groups excluding carboxylic acids is 3. The van der Waals surface area contributed by atoms with Crippen LogP contribution in [0.15, 0.2) is 48.6 Å². The first-order valence-electron chi connectivity index (χ1n) is 34.1. The number of hydrogen-bond donors (Lipinski definition) is 0. The third kappa shape index (κ3) is 64.1. The molecule has 0 saturated carbocycles. The SMILES string of the molecule is CCCCCCC/C=C\C/C=C\C/C=C\CCCCCCCCCCCCC(=O)OCC(COC(=O)CCCCCCCCCCCCCCC)OC(=O)CCCCCCCCCCC/C=C\CCCCCCCCCC.